The lowest BCUT2D eigenvalue weighted by Gasteiger charge is -2.12. The number of benzene rings is 2. The van der Waals surface area contributed by atoms with Gasteiger partial charge in [-0.15, -0.1) is 0 Å². The van der Waals surface area contributed by atoms with Crippen molar-refractivity contribution in [3.05, 3.63) is 40.9 Å². The number of hydrogen-bond acceptors (Lipinski definition) is 2. The lowest BCUT2D eigenvalue weighted by atomic mass is 10.0. The fraction of sp³-hybridized carbons (Fsp3) is 0.353. The molecule has 0 bridgehead atoms. The molecule has 1 aliphatic rings. The van der Waals surface area contributed by atoms with Crippen LogP contribution in [0.3, 0.4) is 0 Å². The second kappa shape index (κ2) is 5.94. The Kier molecular flexibility index (Phi) is 4.02. The maximum absolute atomic E-state index is 11.0. The van der Waals surface area contributed by atoms with Gasteiger partial charge in [-0.25, -0.2) is 0 Å². The molecule has 21 heavy (non-hydrogen) atoms. The summed E-state index contributed by atoms with van der Waals surface area (Å²) in [7, 11) is 0. The third kappa shape index (κ3) is 3.48. The van der Waals surface area contributed by atoms with Gasteiger partial charge >= 0.3 is 0 Å². The van der Waals surface area contributed by atoms with Crippen LogP contribution < -0.4 is 10.1 Å². The standard InChI is InChI=1S/C17H18ClNO2/c1-11(20)19-8-7-12-3-2-4-13-9-16(18)17(10-15(12)13)21-14-5-6-14/h2-4,9-10,14H,5-8H2,1H3,(H,19,20). The molecule has 0 atom stereocenters. The number of halogens is 1. The molecule has 1 aliphatic carbocycles. The molecule has 0 aliphatic heterocycles. The summed E-state index contributed by atoms with van der Waals surface area (Å²) in [5.41, 5.74) is 1.19. The van der Waals surface area contributed by atoms with Gasteiger partial charge < -0.3 is 10.1 Å². The number of nitrogens with one attached hydrogen (secondary N) is 1. The van der Waals surface area contributed by atoms with E-state index < -0.39 is 0 Å². The van der Waals surface area contributed by atoms with Crippen LogP contribution in [-0.4, -0.2) is 18.6 Å². The molecule has 1 N–H and O–H groups in total. The van der Waals surface area contributed by atoms with E-state index in [0.717, 1.165) is 35.8 Å². The van der Waals surface area contributed by atoms with Crippen molar-refractivity contribution >= 4 is 28.3 Å². The lowest BCUT2D eigenvalue weighted by molar-refractivity contribution is -0.118. The van der Waals surface area contributed by atoms with Crippen molar-refractivity contribution in [2.24, 2.45) is 0 Å². The first-order valence-corrected chi connectivity index (χ1v) is 7.63. The molecule has 0 aromatic heterocycles. The number of carbonyl (C=O) groups excluding carboxylic acids is 1. The Bertz CT molecular complexity index is 680. The summed E-state index contributed by atoms with van der Waals surface area (Å²) in [6.07, 6.45) is 3.34. The third-order valence-electron chi connectivity index (χ3n) is 3.61. The minimum Gasteiger partial charge on any atom is -0.489 e. The second-order valence-corrected chi connectivity index (χ2v) is 5.88. The zero-order valence-electron chi connectivity index (χ0n) is 12.0. The summed E-state index contributed by atoms with van der Waals surface area (Å²) in [5, 5.41) is 5.73. The molecular weight excluding hydrogens is 286 g/mol. The number of ether oxygens (including phenoxy) is 1. The van der Waals surface area contributed by atoms with E-state index in [-0.39, 0.29) is 5.91 Å². The van der Waals surface area contributed by atoms with E-state index in [9.17, 15) is 4.79 Å². The van der Waals surface area contributed by atoms with E-state index in [4.69, 9.17) is 16.3 Å². The molecule has 0 heterocycles. The largest absolute Gasteiger partial charge is 0.489 e. The zero-order valence-corrected chi connectivity index (χ0v) is 12.7. The van der Waals surface area contributed by atoms with E-state index in [2.05, 4.69) is 11.4 Å². The fourth-order valence-corrected chi connectivity index (χ4v) is 2.61. The molecule has 0 radical (unpaired) electrons. The van der Waals surface area contributed by atoms with Crippen molar-refractivity contribution in [2.45, 2.75) is 32.3 Å². The first-order valence-electron chi connectivity index (χ1n) is 7.26. The van der Waals surface area contributed by atoms with Crippen LogP contribution in [0.15, 0.2) is 30.3 Å². The van der Waals surface area contributed by atoms with Crippen LogP contribution >= 0.6 is 11.6 Å². The van der Waals surface area contributed by atoms with Crippen molar-refractivity contribution in [1.82, 2.24) is 5.32 Å². The molecule has 2 aromatic rings. The minimum atomic E-state index is -0.00367. The van der Waals surface area contributed by atoms with Gasteiger partial charge in [0, 0.05) is 13.5 Å². The Morgan fingerprint density at radius 1 is 1.38 bits per heavy atom. The first-order chi connectivity index (χ1) is 10.1. The Labute approximate surface area is 129 Å². The summed E-state index contributed by atoms with van der Waals surface area (Å²) < 4.78 is 5.86. The van der Waals surface area contributed by atoms with Crippen LogP contribution in [0.25, 0.3) is 10.8 Å². The second-order valence-electron chi connectivity index (χ2n) is 5.47. The van der Waals surface area contributed by atoms with Gasteiger partial charge in [0.25, 0.3) is 0 Å². The highest BCUT2D eigenvalue weighted by Gasteiger charge is 2.24. The molecule has 2 aromatic carbocycles. The number of rotatable bonds is 5. The molecular formula is C17H18ClNO2. The number of carbonyl (C=O) groups is 1. The van der Waals surface area contributed by atoms with Crippen LogP contribution in [0.2, 0.25) is 5.02 Å². The molecule has 4 heteroatoms. The van der Waals surface area contributed by atoms with E-state index >= 15 is 0 Å². The number of fused-ring (bicyclic) bond motifs is 1. The highest BCUT2D eigenvalue weighted by Crippen LogP contribution is 2.36. The highest BCUT2D eigenvalue weighted by molar-refractivity contribution is 6.32. The summed E-state index contributed by atoms with van der Waals surface area (Å²) >= 11 is 6.29. The van der Waals surface area contributed by atoms with Crippen LogP contribution in [0.1, 0.15) is 25.3 Å². The van der Waals surface area contributed by atoms with Crippen molar-refractivity contribution in [1.29, 1.82) is 0 Å². The first kappa shape index (κ1) is 14.2. The van der Waals surface area contributed by atoms with Crippen LogP contribution in [0.5, 0.6) is 5.75 Å². The molecule has 110 valence electrons. The van der Waals surface area contributed by atoms with Crippen LogP contribution in [0.4, 0.5) is 0 Å². The zero-order chi connectivity index (χ0) is 14.8. The van der Waals surface area contributed by atoms with Crippen molar-refractivity contribution in [3.63, 3.8) is 0 Å². The lowest BCUT2D eigenvalue weighted by Crippen LogP contribution is -2.22. The molecule has 0 unspecified atom stereocenters. The summed E-state index contributed by atoms with van der Waals surface area (Å²) in [6.45, 7) is 2.17. The Hall–Kier alpha value is -1.74. The number of hydrogen-bond donors (Lipinski definition) is 1. The van der Waals surface area contributed by atoms with Gasteiger partial charge in [-0.3, -0.25) is 4.79 Å². The van der Waals surface area contributed by atoms with Crippen molar-refractivity contribution < 1.29 is 9.53 Å². The molecule has 1 amide bonds. The Morgan fingerprint density at radius 2 is 2.19 bits per heavy atom. The van der Waals surface area contributed by atoms with E-state index in [1.807, 2.05) is 24.3 Å². The minimum absolute atomic E-state index is 0.00367. The smallest absolute Gasteiger partial charge is 0.216 e. The average Bonchev–Trinajstić information content (AvgIpc) is 3.24. The summed E-state index contributed by atoms with van der Waals surface area (Å²) in [4.78, 5) is 11.0. The van der Waals surface area contributed by atoms with Crippen LogP contribution in [0, 0.1) is 0 Å². The number of amides is 1. The van der Waals surface area contributed by atoms with Crippen molar-refractivity contribution in [3.8, 4) is 5.75 Å². The molecule has 3 rings (SSSR count). The monoisotopic (exact) mass is 303 g/mol. The third-order valence-corrected chi connectivity index (χ3v) is 3.90. The maximum Gasteiger partial charge on any atom is 0.216 e. The van der Waals surface area contributed by atoms with Gasteiger partial charge in [0.05, 0.1) is 11.1 Å². The molecule has 3 nitrogen and oxygen atoms in total. The average molecular weight is 304 g/mol. The van der Waals surface area contributed by atoms with Gasteiger partial charge in [0.15, 0.2) is 0 Å². The SMILES string of the molecule is CC(=O)NCCc1cccc2cc(Cl)c(OC3CC3)cc12. The Morgan fingerprint density at radius 3 is 2.90 bits per heavy atom. The summed E-state index contributed by atoms with van der Waals surface area (Å²) in [5.74, 6) is 0.759. The van der Waals surface area contributed by atoms with Crippen LogP contribution in [-0.2, 0) is 11.2 Å². The van der Waals surface area contributed by atoms with Gasteiger partial charge in [-0.1, -0.05) is 29.8 Å². The quantitative estimate of drug-likeness (QED) is 0.914. The fourth-order valence-electron chi connectivity index (χ4n) is 2.39. The Balaban J connectivity index is 1.89. The normalized spacial score (nSPS) is 14.2. The van der Waals surface area contributed by atoms with Gasteiger partial charge in [0.2, 0.25) is 5.91 Å². The van der Waals surface area contributed by atoms with Gasteiger partial charge in [-0.05, 0) is 47.7 Å². The molecule has 1 saturated carbocycles. The maximum atomic E-state index is 11.0. The summed E-state index contributed by atoms with van der Waals surface area (Å²) in [6, 6.07) is 10.1. The van der Waals surface area contributed by atoms with E-state index in [1.54, 1.807) is 0 Å². The molecule has 0 spiro atoms. The highest BCUT2D eigenvalue weighted by atomic mass is 35.5. The molecule has 1 fully saturated rings. The predicted molar refractivity (Wildman–Crippen MR) is 85.0 cm³/mol. The van der Waals surface area contributed by atoms with Gasteiger partial charge in [-0.2, -0.15) is 0 Å². The molecule has 0 saturated heterocycles. The topological polar surface area (TPSA) is 38.3 Å². The van der Waals surface area contributed by atoms with Crippen molar-refractivity contribution in [2.75, 3.05) is 6.54 Å². The van der Waals surface area contributed by atoms with Gasteiger partial charge in [0.1, 0.15) is 5.75 Å². The van der Waals surface area contributed by atoms with E-state index in [0.29, 0.717) is 17.7 Å². The predicted octanol–water partition coefficient (Wildman–Crippen LogP) is 3.71. The van der Waals surface area contributed by atoms with E-state index in [1.165, 1.54) is 12.5 Å².